The third-order valence-electron chi connectivity index (χ3n) is 3.73. The molecule has 0 bridgehead atoms. The molecule has 0 spiro atoms. The van der Waals surface area contributed by atoms with Gasteiger partial charge in [-0.3, -0.25) is 9.78 Å². The minimum atomic E-state index is -4.55. The zero-order valence-electron chi connectivity index (χ0n) is 15.9. The molecule has 1 heterocycles. The van der Waals surface area contributed by atoms with Crippen LogP contribution in [0.3, 0.4) is 0 Å². The van der Waals surface area contributed by atoms with Crippen LogP contribution in [0.25, 0.3) is 0 Å². The zero-order valence-corrected chi connectivity index (χ0v) is 15.9. The molecule has 10 heteroatoms. The van der Waals surface area contributed by atoms with Crippen LogP contribution in [0.4, 0.5) is 23.2 Å². The Bertz CT molecular complexity index is 831. The standard InChI is InChI=1S/C19H21F4N3O3/c1-3-7-28-16(4-2)13-6-5-12(8-14(13)20)25-18(27)15-9-24-10-17(26-15)29-11-19(21,22)23/h5-6,8-10,16H,3-4,7,11H2,1-2H3,(H,25,27). The van der Waals surface area contributed by atoms with Crippen LogP contribution in [0.5, 0.6) is 5.88 Å². The summed E-state index contributed by atoms with van der Waals surface area (Å²) >= 11 is 0. The topological polar surface area (TPSA) is 73.3 Å². The molecule has 2 rings (SSSR count). The van der Waals surface area contributed by atoms with Gasteiger partial charge in [0.15, 0.2) is 12.3 Å². The summed E-state index contributed by atoms with van der Waals surface area (Å²) in [6.07, 6.45) is -1.53. The lowest BCUT2D eigenvalue weighted by atomic mass is 10.1. The van der Waals surface area contributed by atoms with Gasteiger partial charge in [-0.15, -0.1) is 0 Å². The number of hydrogen-bond acceptors (Lipinski definition) is 5. The average molecular weight is 415 g/mol. The normalized spacial score (nSPS) is 12.5. The Labute approximate surface area is 165 Å². The van der Waals surface area contributed by atoms with Gasteiger partial charge in [0.1, 0.15) is 5.82 Å². The predicted molar refractivity (Wildman–Crippen MR) is 97.2 cm³/mol. The Balaban J connectivity index is 2.08. The van der Waals surface area contributed by atoms with Crippen molar-refractivity contribution < 1.29 is 31.8 Å². The van der Waals surface area contributed by atoms with Gasteiger partial charge in [0.2, 0.25) is 5.88 Å². The van der Waals surface area contributed by atoms with E-state index in [-0.39, 0.29) is 11.4 Å². The third kappa shape index (κ3) is 6.97. The Kier molecular flexibility index (Phi) is 7.89. The van der Waals surface area contributed by atoms with Gasteiger partial charge in [-0.25, -0.2) is 9.37 Å². The smallest absolute Gasteiger partial charge is 0.422 e. The first-order valence-corrected chi connectivity index (χ1v) is 8.97. The summed E-state index contributed by atoms with van der Waals surface area (Å²) in [4.78, 5) is 19.6. The molecule has 158 valence electrons. The third-order valence-corrected chi connectivity index (χ3v) is 3.73. The number of halogens is 4. The maximum Gasteiger partial charge on any atom is 0.422 e. The molecule has 0 radical (unpaired) electrons. The monoisotopic (exact) mass is 415 g/mol. The van der Waals surface area contributed by atoms with E-state index in [0.29, 0.717) is 18.6 Å². The fourth-order valence-electron chi connectivity index (χ4n) is 2.43. The Morgan fingerprint density at radius 2 is 2.00 bits per heavy atom. The lowest BCUT2D eigenvalue weighted by Gasteiger charge is -2.17. The highest BCUT2D eigenvalue weighted by Gasteiger charge is 2.29. The van der Waals surface area contributed by atoms with Crippen LogP contribution < -0.4 is 10.1 Å². The van der Waals surface area contributed by atoms with E-state index in [4.69, 9.17) is 4.74 Å². The predicted octanol–water partition coefficient (Wildman–Crippen LogP) is 4.69. The van der Waals surface area contributed by atoms with E-state index in [1.54, 1.807) is 0 Å². The molecule has 0 saturated carbocycles. The van der Waals surface area contributed by atoms with Crippen molar-refractivity contribution in [2.45, 2.75) is 39.0 Å². The number of benzene rings is 1. The van der Waals surface area contributed by atoms with Crippen molar-refractivity contribution >= 4 is 11.6 Å². The molecule has 2 aromatic rings. The van der Waals surface area contributed by atoms with Gasteiger partial charge in [-0.2, -0.15) is 13.2 Å². The molecule has 0 aliphatic rings. The molecule has 29 heavy (non-hydrogen) atoms. The summed E-state index contributed by atoms with van der Waals surface area (Å²) < 4.78 is 61.2. The first-order chi connectivity index (χ1) is 13.7. The Morgan fingerprint density at radius 3 is 2.62 bits per heavy atom. The van der Waals surface area contributed by atoms with Crippen LogP contribution in [0.1, 0.15) is 48.8 Å². The number of nitrogens with zero attached hydrogens (tertiary/aromatic N) is 2. The molecular weight excluding hydrogens is 394 g/mol. The minimum Gasteiger partial charge on any atom is -0.467 e. The van der Waals surface area contributed by atoms with Crippen molar-refractivity contribution in [2.75, 3.05) is 18.5 Å². The van der Waals surface area contributed by atoms with E-state index in [9.17, 15) is 22.4 Å². The van der Waals surface area contributed by atoms with Gasteiger partial charge in [0, 0.05) is 17.9 Å². The van der Waals surface area contributed by atoms with Crippen LogP contribution >= 0.6 is 0 Å². The van der Waals surface area contributed by atoms with Gasteiger partial charge >= 0.3 is 6.18 Å². The van der Waals surface area contributed by atoms with Crippen molar-refractivity contribution in [3.63, 3.8) is 0 Å². The van der Waals surface area contributed by atoms with E-state index < -0.39 is 36.5 Å². The van der Waals surface area contributed by atoms with Gasteiger partial charge in [-0.05, 0) is 25.0 Å². The number of hydrogen-bond donors (Lipinski definition) is 1. The van der Waals surface area contributed by atoms with Crippen molar-refractivity contribution in [1.82, 2.24) is 9.97 Å². The second-order valence-electron chi connectivity index (χ2n) is 6.10. The van der Waals surface area contributed by atoms with Crippen molar-refractivity contribution in [3.8, 4) is 5.88 Å². The molecule has 1 unspecified atom stereocenters. The maximum atomic E-state index is 14.5. The summed E-state index contributed by atoms with van der Waals surface area (Å²) in [6, 6.07) is 4.16. The van der Waals surface area contributed by atoms with Crippen molar-refractivity contribution in [2.24, 2.45) is 0 Å². The number of carbonyl (C=O) groups excluding carboxylic acids is 1. The number of carbonyl (C=O) groups is 1. The maximum absolute atomic E-state index is 14.5. The molecule has 0 aliphatic heterocycles. The summed E-state index contributed by atoms with van der Waals surface area (Å²) in [5, 5.41) is 2.43. The lowest BCUT2D eigenvalue weighted by Crippen LogP contribution is -2.20. The number of aromatic nitrogens is 2. The largest absolute Gasteiger partial charge is 0.467 e. The number of ether oxygens (including phenoxy) is 2. The summed E-state index contributed by atoms with van der Waals surface area (Å²) in [7, 11) is 0. The summed E-state index contributed by atoms with van der Waals surface area (Å²) in [6.45, 7) is 2.77. The second-order valence-corrected chi connectivity index (χ2v) is 6.10. The van der Waals surface area contributed by atoms with Gasteiger partial charge < -0.3 is 14.8 Å². The van der Waals surface area contributed by atoms with E-state index in [1.807, 2.05) is 13.8 Å². The Hall–Kier alpha value is -2.75. The van der Waals surface area contributed by atoms with E-state index >= 15 is 0 Å². The highest BCUT2D eigenvalue weighted by Crippen LogP contribution is 2.26. The molecule has 6 nitrogen and oxygen atoms in total. The first kappa shape index (κ1) is 22.5. The molecule has 0 fully saturated rings. The van der Waals surface area contributed by atoms with E-state index in [1.165, 1.54) is 12.1 Å². The van der Waals surface area contributed by atoms with Gasteiger partial charge in [0.25, 0.3) is 5.91 Å². The highest BCUT2D eigenvalue weighted by atomic mass is 19.4. The number of rotatable bonds is 9. The first-order valence-electron chi connectivity index (χ1n) is 8.97. The quantitative estimate of drug-likeness (QED) is 0.602. The van der Waals surface area contributed by atoms with Gasteiger partial charge in [0.05, 0.1) is 18.5 Å². The molecule has 1 N–H and O–H groups in total. The van der Waals surface area contributed by atoms with Crippen LogP contribution in [-0.2, 0) is 4.74 Å². The van der Waals surface area contributed by atoms with Crippen molar-refractivity contribution in [1.29, 1.82) is 0 Å². The van der Waals surface area contributed by atoms with Crippen LogP contribution in [0, 0.1) is 5.82 Å². The molecular formula is C19H21F4N3O3. The van der Waals surface area contributed by atoms with E-state index in [0.717, 1.165) is 24.9 Å². The fraction of sp³-hybridized carbons (Fsp3) is 0.421. The van der Waals surface area contributed by atoms with Crippen LogP contribution in [0.15, 0.2) is 30.6 Å². The molecule has 0 saturated heterocycles. The zero-order chi connectivity index (χ0) is 21.4. The number of nitrogens with one attached hydrogen (secondary N) is 1. The highest BCUT2D eigenvalue weighted by molar-refractivity contribution is 6.02. The SMILES string of the molecule is CCCOC(CC)c1ccc(NC(=O)c2cncc(OCC(F)(F)F)n2)cc1F. The van der Waals surface area contributed by atoms with Crippen LogP contribution in [-0.4, -0.2) is 35.3 Å². The number of anilines is 1. The molecule has 1 aromatic heterocycles. The van der Waals surface area contributed by atoms with Crippen molar-refractivity contribution in [3.05, 3.63) is 47.7 Å². The molecule has 1 atom stereocenters. The Morgan fingerprint density at radius 1 is 1.24 bits per heavy atom. The summed E-state index contributed by atoms with van der Waals surface area (Å²) in [5.41, 5.74) is 0.262. The molecule has 1 aromatic carbocycles. The number of amides is 1. The fourth-order valence-corrected chi connectivity index (χ4v) is 2.43. The minimum absolute atomic E-state index is 0.157. The average Bonchev–Trinajstić information content (AvgIpc) is 2.68. The number of alkyl halides is 3. The molecule has 1 amide bonds. The molecule has 0 aliphatic carbocycles. The van der Waals surface area contributed by atoms with Crippen LogP contribution in [0.2, 0.25) is 0 Å². The summed E-state index contributed by atoms with van der Waals surface area (Å²) in [5.74, 6) is -1.76. The second kappa shape index (κ2) is 10.1. The lowest BCUT2D eigenvalue weighted by molar-refractivity contribution is -0.154. The van der Waals surface area contributed by atoms with E-state index in [2.05, 4.69) is 20.0 Å². The van der Waals surface area contributed by atoms with Gasteiger partial charge in [-0.1, -0.05) is 19.9 Å².